The molecule has 0 N–H and O–H groups in total. The zero-order valence-corrected chi connectivity index (χ0v) is 17.7. The van der Waals surface area contributed by atoms with Crippen molar-refractivity contribution in [1.82, 2.24) is 14.9 Å². The van der Waals surface area contributed by atoms with Crippen molar-refractivity contribution in [1.29, 1.82) is 0 Å². The lowest BCUT2D eigenvalue weighted by Crippen LogP contribution is -2.33. The lowest BCUT2D eigenvalue weighted by molar-refractivity contribution is 0.0595. The number of amides is 2. The number of aryl methyl sites for hydroxylation is 1. The van der Waals surface area contributed by atoms with Gasteiger partial charge < -0.3 is 0 Å². The predicted molar refractivity (Wildman–Crippen MR) is 120 cm³/mol. The molecule has 6 heteroatoms. The first-order chi connectivity index (χ1) is 15.0. The molecule has 0 fully saturated rings. The van der Waals surface area contributed by atoms with Crippen LogP contribution < -0.4 is 0 Å². The van der Waals surface area contributed by atoms with Crippen LogP contribution in [0.4, 0.5) is 0 Å². The molecule has 5 nitrogen and oxygen atoms in total. The van der Waals surface area contributed by atoms with Gasteiger partial charge in [-0.1, -0.05) is 29.8 Å². The normalized spacial score (nSPS) is 14.2. The number of imide groups is 1. The van der Waals surface area contributed by atoms with Gasteiger partial charge in [0.25, 0.3) is 11.8 Å². The van der Waals surface area contributed by atoms with Gasteiger partial charge in [0.05, 0.1) is 39.1 Å². The molecule has 31 heavy (non-hydrogen) atoms. The van der Waals surface area contributed by atoms with E-state index >= 15 is 0 Å². The Balaban J connectivity index is 1.72. The number of carbonyl (C=O) groups excluding carboxylic acids is 2. The monoisotopic (exact) mass is 427 g/mol. The van der Waals surface area contributed by atoms with Gasteiger partial charge in [-0.2, -0.15) is 0 Å². The van der Waals surface area contributed by atoms with Gasteiger partial charge in [-0.15, -0.1) is 0 Å². The summed E-state index contributed by atoms with van der Waals surface area (Å²) in [5.74, 6) is -0.607. The molecule has 1 aliphatic heterocycles. The van der Waals surface area contributed by atoms with Gasteiger partial charge in [0, 0.05) is 17.1 Å². The Morgan fingerprint density at radius 1 is 0.935 bits per heavy atom. The van der Waals surface area contributed by atoms with E-state index in [0.29, 0.717) is 33.1 Å². The summed E-state index contributed by atoms with van der Waals surface area (Å²) in [7, 11) is 0. The van der Waals surface area contributed by atoms with Crippen molar-refractivity contribution < 1.29 is 9.59 Å². The number of halogens is 1. The maximum absolute atomic E-state index is 13.1. The van der Waals surface area contributed by atoms with Crippen LogP contribution in [-0.2, 0) is 0 Å². The minimum absolute atomic E-state index is 0.303. The lowest BCUT2D eigenvalue weighted by Gasteiger charge is -2.25. The highest BCUT2D eigenvalue weighted by molar-refractivity contribution is 6.35. The molecule has 3 heterocycles. The van der Waals surface area contributed by atoms with Crippen LogP contribution in [0.3, 0.4) is 0 Å². The van der Waals surface area contributed by atoms with E-state index in [4.69, 9.17) is 16.6 Å². The SMILES string of the molecule is Cc1cc(Cl)c2nc(-c3ccccn3)c([C@H](C)N3C(=O)c4ccccc4C3=O)cc2c1. The molecule has 4 aromatic rings. The van der Waals surface area contributed by atoms with Crippen LogP contribution in [0.15, 0.2) is 66.9 Å². The van der Waals surface area contributed by atoms with Gasteiger partial charge in [0.2, 0.25) is 0 Å². The van der Waals surface area contributed by atoms with Crippen LogP contribution in [0.5, 0.6) is 0 Å². The molecule has 0 saturated carbocycles. The highest BCUT2D eigenvalue weighted by Crippen LogP contribution is 2.37. The highest BCUT2D eigenvalue weighted by atomic mass is 35.5. The second kappa shape index (κ2) is 7.29. The predicted octanol–water partition coefficient (Wildman–Crippen LogP) is 5.62. The smallest absolute Gasteiger partial charge is 0.262 e. The van der Waals surface area contributed by atoms with Crippen molar-refractivity contribution in [2.75, 3.05) is 0 Å². The Bertz CT molecular complexity index is 1330. The van der Waals surface area contributed by atoms with E-state index in [2.05, 4.69) is 4.98 Å². The van der Waals surface area contributed by atoms with Crippen LogP contribution >= 0.6 is 11.6 Å². The van der Waals surface area contributed by atoms with E-state index in [1.54, 1.807) is 30.5 Å². The summed E-state index contributed by atoms with van der Waals surface area (Å²) in [4.78, 5) is 36.8. The molecule has 2 aromatic heterocycles. The zero-order valence-electron chi connectivity index (χ0n) is 17.0. The molecule has 152 valence electrons. The highest BCUT2D eigenvalue weighted by Gasteiger charge is 2.39. The van der Waals surface area contributed by atoms with Gasteiger partial charge in [0.15, 0.2) is 0 Å². The van der Waals surface area contributed by atoms with E-state index in [1.807, 2.05) is 50.2 Å². The molecule has 2 aromatic carbocycles. The third kappa shape index (κ3) is 3.09. The largest absolute Gasteiger partial charge is 0.269 e. The molecule has 0 radical (unpaired) electrons. The summed E-state index contributed by atoms with van der Waals surface area (Å²) < 4.78 is 0. The van der Waals surface area contributed by atoms with Crippen LogP contribution in [0.25, 0.3) is 22.3 Å². The standard InChI is InChI=1S/C25H18ClN3O2/c1-14-11-16-13-19(15(2)29-24(30)17-7-3-4-8-18(17)25(29)31)23(21-9-5-6-10-27-21)28-22(16)20(26)12-14/h3-13,15H,1-2H3/t15-/m0/s1. The zero-order chi connectivity index (χ0) is 21.7. The van der Waals surface area contributed by atoms with Gasteiger partial charge in [-0.25, -0.2) is 4.98 Å². The van der Waals surface area contributed by atoms with Crippen molar-refractivity contribution in [2.45, 2.75) is 19.9 Å². The van der Waals surface area contributed by atoms with Crippen LogP contribution in [0, 0.1) is 6.92 Å². The van der Waals surface area contributed by atoms with E-state index in [9.17, 15) is 9.59 Å². The number of pyridine rings is 2. The molecular weight excluding hydrogens is 410 g/mol. The van der Waals surface area contributed by atoms with Gasteiger partial charge in [0.1, 0.15) is 0 Å². The quantitative estimate of drug-likeness (QED) is 0.398. The maximum Gasteiger partial charge on any atom is 0.262 e. The molecule has 1 atom stereocenters. The molecule has 2 amide bonds. The number of carbonyl (C=O) groups is 2. The molecule has 0 aliphatic carbocycles. The van der Waals surface area contributed by atoms with E-state index in [0.717, 1.165) is 16.5 Å². The number of hydrogen-bond donors (Lipinski definition) is 0. The third-order valence-corrected chi connectivity index (χ3v) is 5.90. The Kier molecular flexibility index (Phi) is 4.56. The van der Waals surface area contributed by atoms with Crippen molar-refractivity contribution in [3.05, 3.63) is 94.1 Å². The fourth-order valence-corrected chi connectivity index (χ4v) is 4.45. The molecule has 5 rings (SSSR count). The topological polar surface area (TPSA) is 63.2 Å². The minimum atomic E-state index is -0.541. The summed E-state index contributed by atoms with van der Waals surface area (Å²) in [6.45, 7) is 3.81. The summed E-state index contributed by atoms with van der Waals surface area (Å²) >= 11 is 6.49. The number of aromatic nitrogens is 2. The number of hydrogen-bond acceptors (Lipinski definition) is 4. The number of fused-ring (bicyclic) bond motifs is 2. The Morgan fingerprint density at radius 2 is 1.61 bits per heavy atom. The fraction of sp³-hybridized carbons (Fsp3) is 0.120. The number of benzene rings is 2. The first-order valence-corrected chi connectivity index (χ1v) is 10.3. The fourth-order valence-electron chi connectivity index (χ4n) is 4.13. The average molecular weight is 428 g/mol. The summed E-state index contributed by atoms with van der Waals surface area (Å²) in [5, 5.41) is 1.40. The van der Waals surface area contributed by atoms with Crippen molar-refractivity contribution >= 4 is 34.3 Å². The molecule has 0 unspecified atom stereocenters. The lowest BCUT2D eigenvalue weighted by atomic mass is 9.99. The molecule has 1 aliphatic rings. The first kappa shape index (κ1) is 19.4. The number of rotatable bonds is 3. The second-order valence-electron chi connectivity index (χ2n) is 7.66. The summed E-state index contributed by atoms with van der Waals surface area (Å²) in [6, 6.07) is 17.7. The number of nitrogens with zero attached hydrogens (tertiary/aromatic N) is 3. The van der Waals surface area contributed by atoms with Crippen molar-refractivity contribution in [3.8, 4) is 11.4 Å². The van der Waals surface area contributed by atoms with Crippen molar-refractivity contribution in [3.63, 3.8) is 0 Å². The molecule has 0 bridgehead atoms. The van der Waals surface area contributed by atoms with Gasteiger partial charge in [-0.3, -0.25) is 19.5 Å². The molecule has 0 spiro atoms. The van der Waals surface area contributed by atoms with Gasteiger partial charge in [-0.05, 0) is 61.9 Å². The first-order valence-electron chi connectivity index (χ1n) is 9.95. The maximum atomic E-state index is 13.1. The minimum Gasteiger partial charge on any atom is -0.269 e. The van der Waals surface area contributed by atoms with Crippen LogP contribution in [0.2, 0.25) is 5.02 Å². The molecular formula is C25H18ClN3O2. The van der Waals surface area contributed by atoms with Crippen LogP contribution in [0.1, 0.15) is 44.8 Å². The van der Waals surface area contributed by atoms with Crippen LogP contribution in [-0.4, -0.2) is 26.7 Å². The van der Waals surface area contributed by atoms with Gasteiger partial charge >= 0.3 is 0 Å². The van der Waals surface area contributed by atoms with E-state index < -0.39 is 6.04 Å². The van der Waals surface area contributed by atoms with E-state index in [-0.39, 0.29) is 11.8 Å². The summed E-state index contributed by atoms with van der Waals surface area (Å²) in [5.41, 5.74) is 4.50. The average Bonchev–Trinajstić information content (AvgIpc) is 3.03. The third-order valence-electron chi connectivity index (χ3n) is 5.62. The Labute approximate surface area is 184 Å². The Morgan fingerprint density at radius 3 is 2.26 bits per heavy atom. The summed E-state index contributed by atoms with van der Waals surface area (Å²) in [6.07, 6.45) is 1.69. The Hall–Kier alpha value is -3.57. The van der Waals surface area contributed by atoms with E-state index in [1.165, 1.54) is 4.90 Å². The molecule has 0 saturated heterocycles. The van der Waals surface area contributed by atoms with Crippen molar-refractivity contribution in [2.24, 2.45) is 0 Å². The second-order valence-corrected chi connectivity index (χ2v) is 8.07.